The lowest BCUT2D eigenvalue weighted by Gasteiger charge is -2.22. The molecule has 1 aromatic carbocycles. The number of oxazole rings is 1. The lowest BCUT2D eigenvalue weighted by Crippen LogP contribution is -2.45. The number of likely N-dealkylation sites (N-methyl/N-ethyl adjacent to an activating group) is 1. The van der Waals surface area contributed by atoms with Gasteiger partial charge < -0.3 is 9.52 Å². The number of amides is 1. The van der Waals surface area contributed by atoms with E-state index in [0.717, 1.165) is 11.3 Å². The minimum atomic E-state index is -1.19. The quantitative estimate of drug-likeness (QED) is 0.649. The summed E-state index contributed by atoms with van der Waals surface area (Å²) in [5, 5.41) is 13.4. The molecule has 0 fully saturated rings. The molecule has 0 saturated carbocycles. The van der Waals surface area contributed by atoms with Crippen LogP contribution in [-0.2, 0) is 17.6 Å². The third kappa shape index (κ3) is 3.78. The second-order valence-electron chi connectivity index (χ2n) is 6.71. The summed E-state index contributed by atoms with van der Waals surface area (Å²) in [5.41, 5.74) is 1.85. The third-order valence-corrected chi connectivity index (χ3v) is 4.75. The molecule has 0 bridgehead atoms. The molecule has 0 aliphatic carbocycles. The van der Waals surface area contributed by atoms with Crippen LogP contribution >= 0.6 is 0 Å². The molecule has 1 amide bonds. The van der Waals surface area contributed by atoms with Crippen molar-refractivity contribution in [3.8, 4) is 0 Å². The van der Waals surface area contributed by atoms with E-state index in [4.69, 9.17) is 4.42 Å². The Balaban J connectivity index is 1.44. The van der Waals surface area contributed by atoms with E-state index in [1.54, 1.807) is 25.6 Å². The molecule has 0 spiro atoms. The Labute approximate surface area is 162 Å². The summed E-state index contributed by atoms with van der Waals surface area (Å²) in [6.45, 7) is 0. The second-order valence-corrected chi connectivity index (χ2v) is 6.71. The van der Waals surface area contributed by atoms with Gasteiger partial charge >= 0.3 is 0 Å². The zero-order valence-electron chi connectivity index (χ0n) is 15.4. The Morgan fingerprint density at radius 3 is 2.86 bits per heavy atom. The largest absolute Gasteiger partial charge is 0.441 e. The van der Waals surface area contributed by atoms with E-state index >= 15 is 0 Å². The smallest absolute Gasteiger partial charge is 0.245 e. The summed E-state index contributed by atoms with van der Waals surface area (Å²) in [6, 6.07) is 9.26. The molecule has 1 unspecified atom stereocenters. The Kier molecular flexibility index (Phi) is 5.14. The highest BCUT2D eigenvalue weighted by Crippen LogP contribution is 2.23. The van der Waals surface area contributed by atoms with Crippen molar-refractivity contribution < 1.29 is 14.3 Å². The van der Waals surface area contributed by atoms with Crippen molar-refractivity contribution in [2.24, 2.45) is 0 Å². The molecular formula is C20H21N5O3. The number of carbonyl (C=O) groups excluding carboxylic acids is 1. The second kappa shape index (κ2) is 7.87. The van der Waals surface area contributed by atoms with Crippen molar-refractivity contribution in [3.05, 3.63) is 71.8 Å². The molecule has 2 N–H and O–H groups in total. The van der Waals surface area contributed by atoms with E-state index in [0.29, 0.717) is 30.8 Å². The number of aliphatic hydroxyl groups excluding tert-OH is 1. The van der Waals surface area contributed by atoms with Gasteiger partial charge in [0.05, 0.1) is 17.9 Å². The number of nitrogens with zero attached hydrogens (tertiary/aromatic N) is 4. The highest BCUT2D eigenvalue weighted by molar-refractivity contribution is 5.97. The fraction of sp³-hybridized carbons (Fsp3) is 0.300. The predicted octanol–water partition coefficient (Wildman–Crippen LogP) is 1.61. The first-order valence-corrected chi connectivity index (χ1v) is 9.12. The Morgan fingerprint density at radius 2 is 2.04 bits per heavy atom. The lowest BCUT2D eigenvalue weighted by molar-refractivity contribution is -0.121. The zero-order valence-corrected chi connectivity index (χ0v) is 15.4. The minimum absolute atomic E-state index is 0.138. The summed E-state index contributed by atoms with van der Waals surface area (Å²) in [4.78, 5) is 26.9. The fourth-order valence-corrected chi connectivity index (χ4v) is 3.30. The average molecular weight is 379 g/mol. The number of rotatable bonds is 5. The van der Waals surface area contributed by atoms with Crippen molar-refractivity contribution in [1.29, 1.82) is 0 Å². The molecule has 8 nitrogen and oxygen atoms in total. The van der Waals surface area contributed by atoms with Crippen molar-refractivity contribution in [1.82, 2.24) is 20.3 Å². The SMILES string of the molecule is CN1C(=O)[C@@H](NC(O)c2ncc(Cc3ccccc3)o2)CCc2nccnc21. The van der Waals surface area contributed by atoms with Gasteiger partial charge in [-0.05, 0) is 18.4 Å². The van der Waals surface area contributed by atoms with Gasteiger partial charge in [-0.3, -0.25) is 20.0 Å². The normalized spacial score (nSPS) is 17.9. The van der Waals surface area contributed by atoms with Crippen LogP contribution in [0.25, 0.3) is 0 Å². The first-order chi connectivity index (χ1) is 13.6. The van der Waals surface area contributed by atoms with Crippen LogP contribution in [0.1, 0.15) is 35.6 Å². The molecule has 1 aliphatic rings. The first kappa shape index (κ1) is 18.3. The van der Waals surface area contributed by atoms with Gasteiger partial charge in [0.2, 0.25) is 11.8 Å². The molecule has 4 rings (SSSR count). The number of aromatic nitrogens is 3. The Bertz CT molecular complexity index is 959. The number of carbonyl (C=O) groups is 1. The number of fused-ring (bicyclic) bond motifs is 1. The maximum absolute atomic E-state index is 12.8. The summed E-state index contributed by atoms with van der Waals surface area (Å²) >= 11 is 0. The summed E-state index contributed by atoms with van der Waals surface area (Å²) < 4.78 is 5.67. The van der Waals surface area contributed by atoms with E-state index in [-0.39, 0.29) is 11.8 Å². The number of hydrogen-bond donors (Lipinski definition) is 2. The minimum Gasteiger partial charge on any atom is -0.441 e. The summed E-state index contributed by atoms with van der Waals surface area (Å²) in [6.07, 6.45) is 5.23. The standard InChI is InChI=1S/C20H21N5O3/c1-25-17-15(21-9-10-22-17)7-8-16(20(25)27)24-18(26)19-23-12-14(28-19)11-13-5-3-2-4-6-13/h2-6,9-10,12,16,18,24,26H,7-8,11H2,1H3/t16-,18?/m0/s1. The highest BCUT2D eigenvalue weighted by atomic mass is 16.4. The molecule has 144 valence electrons. The van der Waals surface area contributed by atoms with Gasteiger partial charge in [0.1, 0.15) is 5.76 Å². The van der Waals surface area contributed by atoms with Crippen LogP contribution in [0.2, 0.25) is 0 Å². The van der Waals surface area contributed by atoms with Crippen LogP contribution in [0.5, 0.6) is 0 Å². The summed E-state index contributed by atoms with van der Waals surface area (Å²) in [5.74, 6) is 1.15. The van der Waals surface area contributed by atoms with Crippen molar-refractivity contribution >= 4 is 11.7 Å². The number of anilines is 1. The number of aryl methyl sites for hydroxylation is 1. The van der Waals surface area contributed by atoms with Gasteiger partial charge in [-0.2, -0.15) is 0 Å². The maximum atomic E-state index is 12.8. The maximum Gasteiger partial charge on any atom is 0.245 e. The van der Waals surface area contributed by atoms with Crippen molar-refractivity contribution in [2.45, 2.75) is 31.5 Å². The molecule has 28 heavy (non-hydrogen) atoms. The molecule has 8 heteroatoms. The zero-order chi connectivity index (χ0) is 19.5. The average Bonchev–Trinajstić information content (AvgIpc) is 3.15. The fourth-order valence-electron chi connectivity index (χ4n) is 3.30. The van der Waals surface area contributed by atoms with E-state index < -0.39 is 12.3 Å². The van der Waals surface area contributed by atoms with Gasteiger partial charge in [-0.1, -0.05) is 30.3 Å². The van der Waals surface area contributed by atoms with E-state index in [9.17, 15) is 9.90 Å². The van der Waals surface area contributed by atoms with Crippen LogP contribution in [0.3, 0.4) is 0 Å². The van der Waals surface area contributed by atoms with Crippen molar-refractivity contribution in [3.63, 3.8) is 0 Å². The van der Waals surface area contributed by atoms with Crippen LogP contribution in [0.4, 0.5) is 5.82 Å². The molecule has 3 heterocycles. The first-order valence-electron chi connectivity index (χ1n) is 9.12. The molecule has 0 radical (unpaired) electrons. The predicted molar refractivity (Wildman–Crippen MR) is 101 cm³/mol. The van der Waals surface area contributed by atoms with Crippen molar-refractivity contribution in [2.75, 3.05) is 11.9 Å². The topological polar surface area (TPSA) is 104 Å². The number of benzene rings is 1. The monoisotopic (exact) mass is 379 g/mol. The van der Waals surface area contributed by atoms with Crippen LogP contribution in [0.15, 0.2) is 53.3 Å². The van der Waals surface area contributed by atoms with Crippen LogP contribution in [0, 0.1) is 0 Å². The van der Waals surface area contributed by atoms with Gasteiger partial charge in [-0.15, -0.1) is 0 Å². The Morgan fingerprint density at radius 1 is 1.25 bits per heavy atom. The van der Waals surface area contributed by atoms with E-state index in [1.807, 2.05) is 30.3 Å². The molecule has 3 aromatic rings. The van der Waals surface area contributed by atoms with Gasteiger partial charge in [0.25, 0.3) is 0 Å². The molecule has 2 atom stereocenters. The number of hydrogen-bond acceptors (Lipinski definition) is 7. The van der Waals surface area contributed by atoms with Gasteiger partial charge in [0.15, 0.2) is 12.0 Å². The van der Waals surface area contributed by atoms with Gasteiger partial charge in [-0.25, -0.2) is 9.97 Å². The number of aliphatic hydroxyl groups is 1. The third-order valence-electron chi connectivity index (χ3n) is 4.75. The molecule has 2 aromatic heterocycles. The highest BCUT2D eigenvalue weighted by Gasteiger charge is 2.31. The van der Waals surface area contributed by atoms with Crippen LogP contribution < -0.4 is 10.2 Å². The van der Waals surface area contributed by atoms with Crippen LogP contribution in [-0.4, -0.2) is 39.1 Å². The van der Waals surface area contributed by atoms with E-state index in [2.05, 4.69) is 20.3 Å². The lowest BCUT2D eigenvalue weighted by atomic mass is 10.1. The molecule has 1 aliphatic heterocycles. The molecule has 0 saturated heterocycles. The molecular weight excluding hydrogens is 358 g/mol. The van der Waals surface area contributed by atoms with E-state index in [1.165, 1.54) is 4.90 Å². The summed E-state index contributed by atoms with van der Waals surface area (Å²) in [7, 11) is 1.66. The number of nitrogens with one attached hydrogen (secondary N) is 1. The van der Waals surface area contributed by atoms with Gasteiger partial charge in [0, 0.05) is 25.9 Å². The Hall–Kier alpha value is -3.10.